The van der Waals surface area contributed by atoms with E-state index in [1.165, 1.54) is 0 Å². The minimum atomic E-state index is -0.559. The van der Waals surface area contributed by atoms with Gasteiger partial charge in [0.15, 0.2) is 0 Å². The average molecular weight is 299 g/mol. The Kier molecular flexibility index (Phi) is 8.22. The maximum atomic E-state index is 11.5. The molecule has 0 bridgehead atoms. The number of carbonyl (C=O) groups is 1. The van der Waals surface area contributed by atoms with Crippen LogP contribution in [0.2, 0.25) is 0 Å². The highest BCUT2D eigenvalue weighted by Gasteiger charge is 2.29. The summed E-state index contributed by atoms with van der Waals surface area (Å²) in [5.41, 5.74) is 4.94. The number of likely N-dealkylation sites (tertiary alicyclic amines) is 1. The molecule has 5 nitrogen and oxygen atoms in total. The zero-order valence-electron chi connectivity index (χ0n) is 14.0. The summed E-state index contributed by atoms with van der Waals surface area (Å²) in [7, 11) is 0. The van der Waals surface area contributed by atoms with E-state index in [2.05, 4.69) is 17.1 Å². The molecule has 0 aromatic heterocycles. The predicted molar refractivity (Wildman–Crippen MR) is 86.2 cm³/mol. The van der Waals surface area contributed by atoms with Crippen LogP contribution in [0.1, 0.15) is 52.9 Å². The summed E-state index contributed by atoms with van der Waals surface area (Å²) in [5, 5.41) is 3.21. The third kappa shape index (κ3) is 6.32. The van der Waals surface area contributed by atoms with E-state index in [-0.39, 0.29) is 5.91 Å². The van der Waals surface area contributed by atoms with Gasteiger partial charge in [-0.25, -0.2) is 0 Å². The molecule has 1 amide bonds. The molecule has 5 heteroatoms. The van der Waals surface area contributed by atoms with E-state index >= 15 is 0 Å². The maximum Gasteiger partial charge on any atom is 0.237 e. The van der Waals surface area contributed by atoms with Gasteiger partial charge in [-0.3, -0.25) is 4.79 Å². The number of piperidine rings is 1. The van der Waals surface area contributed by atoms with Crippen molar-refractivity contribution in [1.29, 1.82) is 0 Å². The van der Waals surface area contributed by atoms with Crippen molar-refractivity contribution in [3.8, 4) is 0 Å². The van der Waals surface area contributed by atoms with E-state index in [0.29, 0.717) is 6.10 Å². The van der Waals surface area contributed by atoms with Crippen LogP contribution < -0.4 is 11.1 Å². The fraction of sp³-hybridized carbons (Fsp3) is 0.938. The lowest BCUT2D eigenvalue weighted by Gasteiger charge is -2.32. The van der Waals surface area contributed by atoms with Crippen LogP contribution in [0.5, 0.6) is 0 Å². The molecule has 0 aromatic carbocycles. The molecule has 0 saturated carbocycles. The Hall–Kier alpha value is -0.650. The number of amides is 1. The van der Waals surface area contributed by atoms with Gasteiger partial charge < -0.3 is 20.7 Å². The molecule has 0 radical (unpaired) electrons. The van der Waals surface area contributed by atoms with E-state index in [0.717, 1.165) is 64.9 Å². The van der Waals surface area contributed by atoms with Gasteiger partial charge in [-0.05, 0) is 59.0 Å². The first-order valence-electron chi connectivity index (χ1n) is 8.40. The third-order valence-electron chi connectivity index (χ3n) is 4.45. The van der Waals surface area contributed by atoms with Crippen LogP contribution in [-0.4, -0.2) is 55.2 Å². The Morgan fingerprint density at radius 1 is 1.33 bits per heavy atom. The summed E-state index contributed by atoms with van der Waals surface area (Å²) >= 11 is 0. The number of nitrogens with one attached hydrogen (secondary N) is 1. The molecule has 1 aliphatic heterocycles. The van der Waals surface area contributed by atoms with Gasteiger partial charge in [0.2, 0.25) is 5.91 Å². The quantitative estimate of drug-likeness (QED) is 0.600. The van der Waals surface area contributed by atoms with Crippen LogP contribution in [0.3, 0.4) is 0 Å². The van der Waals surface area contributed by atoms with Crippen molar-refractivity contribution in [3.05, 3.63) is 0 Å². The van der Waals surface area contributed by atoms with E-state index in [1.807, 2.05) is 13.8 Å². The minimum Gasteiger partial charge on any atom is -0.378 e. The number of hydrogen-bond donors (Lipinski definition) is 2. The molecule has 1 saturated heterocycles. The van der Waals surface area contributed by atoms with Crippen LogP contribution in [0.15, 0.2) is 0 Å². The van der Waals surface area contributed by atoms with E-state index in [1.54, 1.807) is 0 Å². The summed E-state index contributed by atoms with van der Waals surface area (Å²) in [6, 6.07) is 0. The van der Waals surface area contributed by atoms with Gasteiger partial charge >= 0.3 is 0 Å². The summed E-state index contributed by atoms with van der Waals surface area (Å²) in [5.74, 6) is -0.248. The molecule has 124 valence electrons. The van der Waals surface area contributed by atoms with Gasteiger partial charge in [-0.15, -0.1) is 0 Å². The van der Waals surface area contributed by atoms with Crippen molar-refractivity contribution in [1.82, 2.24) is 10.2 Å². The van der Waals surface area contributed by atoms with Crippen molar-refractivity contribution < 1.29 is 9.53 Å². The van der Waals surface area contributed by atoms with Crippen molar-refractivity contribution >= 4 is 5.91 Å². The van der Waals surface area contributed by atoms with Crippen LogP contribution >= 0.6 is 0 Å². The number of rotatable bonds is 10. The molecule has 21 heavy (non-hydrogen) atoms. The largest absolute Gasteiger partial charge is 0.378 e. The highest BCUT2D eigenvalue weighted by molar-refractivity contribution is 5.84. The van der Waals surface area contributed by atoms with Crippen LogP contribution in [-0.2, 0) is 9.53 Å². The van der Waals surface area contributed by atoms with Crippen molar-refractivity contribution in [2.75, 3.05) is 32.8 Å². The molecule has 1 rings (SSSR count). The van der Waals surface area contributed by atoms with Crippen molar-refractivity contribution in [3.63, 3.8) is 0 Å². The Morgan fingerprint density at radius 2 is 2.00 bits per heavy atom. The Labute approximate surface area is 129 Å². The Morgan fingerprint density at radius 3 is 2.52 bits per heavy atom. The van der Waals surface area contributed by atoms with E-state index in [4.69, 9.17) is 10.5 Å². The van der Waals surface area contributed by atoms with Crippen LogP contribution in [0, 0.1) is 0 Å². The van der Waals surface area contributed by atoms with Crippen LogP contribution in [0.25, 0.3) is 0 Å². The topological polar surface area (TPSA) is 67.6 Å². The monoisotopic (exact) mass is 299 g/mol. The molecule has 1 heterocycles. The van der Waals surface area contributed by atoms with Crippen molar-refractivity contribution in [2.45, 2.75) is 64.5 Å². The van der Waals surface area contributed by atoms with Crippen molar-refractivity contribution in [2.24, 2.45) is 5.73 Å². The molecular weight excluding hydrogens is 266 g/mol. The smallest absolute Gasteiger partial charge is 0.237 e. The molecule has 1 aliphatic rings. The first-order chi connectivity index (χ1) is 10.0. The lowest BCUT2D eigenvalue weighted by Crippen LogP contribution is -2.53. The first-order valence-corrected chi connectivity index (χ1v) is 8.40. The molecule has 0 spiro atoms. The Balaban J connectivity index is 2.18. The van der Waals surface area contributed by atoms with Gasteiger partial charge in [0.05, 0.1) is 11.6 Å². The molecule has 1 atom stereocenters. The number of unbranched alkanes of at least 4 members (excludes halogenated alkanes) is 1. The molecule has 3 N–H and O–H groups in total. The zero-order chi connectivity index (χ0) is 15.7. The van der Waals surface area contributed by atoms with Gasteiger partial charge in [-0.2, -0.15) is 0 Å². The fourth-order valence-corrected chi connectivity index (χ4v) is 3.04. The number of nitrogens with two attached hydrogens (primary N) is 1. The fourth-order valence-electron chi connectivity index (χ4n) is 3.04. The summed E-state index contributed by atoms with van der Waals surface area (Å²) < 4.78 is 5.67. The van der Waals surface area contributed by atoms with E-state index < -0.39 is 5.54 Å². The van der Waals surface area contributed by atoms with Crippen LogP contribution in [0.4, 0.5) is 0 Å². The SMILES string of the molecule is CCNC(C)(CCCCN1CCC(OCC)CC1)C(N)=O. The molecule has 0 aromatic rings. The number of primary amides is 1. The summed E-state index contributed by atoms with van der Waals surface area (Å²) in [6.07, 6.45) is 5.70. The Bertz CT molecular complexity index is 304. The highest BCUT2D eigenvalue weighted by Crippen LogP contribution is 2.17. The number of likely N-dealkylation sites (N-methyl/N-ethyl adjacent to an activating group) is 1. The number of hydrogen-bond acceptors (Lipinski definition) is 4. The van der Waals surface area contributed by atoms with E-state index in [9.17, 15) is 4.79 Å². The zero-order valence-corrected chi connectivity index (χ0v) is 14.0. The normalized spacial score (nSPS) is 20.3. The molecule has 1 fully saturated rings. The van der Waals surface area contributed by atoms with Gasteiger partial charge in [0.1, 0.15) is 0 Å². The molecule has 1 unspecified atom stereocenters. The molecule has 0 aliphatic carbocycles. The summed E-state index contributed by atoms with van der Waals surface area (Å²) in [4.78, 5) is 14.0. The second kappa shape index (κ2) is 9.38. The third-order valence-corrected chi connectivity index (χ3v) is 4.45. The van der Waals surface area contributed by atoms with Gasteiger partial charge in [0.25, 0.3) is 0 Å². The molecular formula is C16H33N3O2. The maximum absolute atomic E-state index is 11.5. The lowest BCUT2D eigenvalue weighted by molar-refractivity contribution is -0.124. The second-order valence-electron chi connectivity index (χ2n) is 6.18. The number of carbonyl (C=O) groups excluding carboxylic acids is 1. The van der Waals surface area contributed by atoms with Gasteiger partial charge in [0, 0.05) is 19.7 Å². The average Bonchev–Trinajstić information content (AvgIpc) is 2.46. The second-order valence-corrected chi connectivity index (χ2v) is 6.18. The predicted octanol–water partition coefficient (Wildman–Crippen LogP) is 1.51. The number of ether oxygens (including phenoxy) is 1. The first kappa shape index (κ1) is 18.4. The minimum absolute atomic E-state index is 0.248. The highest BCUT2D eigenvalue weighted by atomic mass is 16.5. The van der Waals surface area contributed by atoms with Gasteiger partial charge in [-0.1, -0.05) is 6.92 Å². The summed E-state index contributed by atoms with van der Waals surface area (Å²) in [6.45, 7) is 10.9. The lowest BCUT2D eigenvalue weighted by atomic mass is 9.93. The standard InChI is InChI=1S/C16H33N3O2/c1-4-18-16(3,15(17)20)10-6-7-11-19-12-8-14(9-13-19)21-5-2/h14,18H,4-13H2,1-3H3,(H2,17,20). The number of nitrogens with zero attached hydrogens (tertiary/aromatic N) is 1.